The second-order valence-electron chi connectivity index (χ2n) is 5.86. The SMILES string of the molecule is CCC1(C)CCN(CC2CCCNC2)C1.Cl. The van der Waals surface area contributed by atoms with E-state index in [9.17, 15) is 0 Å². The fourth-order valence-corrected chi connectivity index (χ4v) is 3.02. The largest absolute Gasteiger partial charge is 0.316 e. The van der Waals surface area contributed by atoms with Crippen molar-refractivity contribution < 1.29 is 0 Å². The second-order valence-corrected chi connectivity index (χ2v) is 5.86. The molecule has 0 radical (unpaired) electrons. The minimum absolute atomic E-state index is 0. The summed E-state index contributed by atoms with van der Waals surface area (Å²) in [5, 5.41) is 3.52. The highest BCUT2D eigenvalue weighted by molar-refractivity contribution is 5.85. The molecule has 0 bridgehead atoms. The Kier molecular flexibility index (Phi) is 5.55. The van der Waals surface area contributed by atoms with E-state index in [1.165, 1.54) is 58.4 Å². The van der Waals surface area contributed by atoms with Gasteiger partial charge in [-0.3, -0.25) is 0 Å². The zero-order chi connectivity index (χ0) is 10.7. The van der Waals surface area contributed by atoms with Gasteiger partial charge >= 0.3 is 0 Å². The maximum absolute atomic E-state index is 3.52. The number of nitrogens with one attached hydrogen (secondary N) is 1. The Morgan fingerprint density at radius 3 is 2.81 bits per heavy atom. The van der Waals surface area contributed by atoms with E-state index in [0.717, 1.165) is 5.92 Å². The Morgan fingerprint density at radius 2 is 2.25 bits per heavy atom. The lowest BCUT2D eigenvalue weighted by atomic mass is 9.87. The molecule has 0 aromatic heterocycles. The lowest BCUT2D eigenvalue weighted by Crippen LogP contribution is -2.38. The van der Waals surface area contributed by atoms with Crippen molar-refractivity contribution in [1.29, 1.82) is 0 Å². The van der Waals surface area contributed by atoms with Gasteiger partial charge < -0.3 is 10.2 Å². The lowest BCUT2D eigenvalue weighted by molar-refractivity contribution is 0.216. The fraction of sp³-hybridized carbons (Fsp3) is 1.00. The smallest absolute Gasteiger partial charge is 0.00358 e. The maximum atomic E-state index is 3.52. The molecule has 2 rings (SSSR count). The summed E-state index contributed by atoms with van der Waals surface area (Å²) >= 11 is 0. The molecule has 3 heteroatoms. The highest BCUT2D eigenvalue weighted by Gasteiger charge is 2.32. The van der Waals surface area contributed by atoms with E-state index < -0.39 is 0 Å². The topological polar surface area (TPSA) is 15.3 Å². The predicted octanol–water partition coefficient (Wildman–Crippen LogP) is 2.53. The molecule has 0 aromatic rings. The third-order valence-electron chi connectivity index (χ3n) is 4.41. The van der Waals surface area contributed by atoms with Crippen LogP contribution in [-0.4, -0.2) is 37.6 Å². The molecule has 2 saturated heterocycles. The number of rotatable bonds is 3. The first-order chi connectivity index (χ1) is 7.22. The normalized spacial score (nSPS) is 36.0. The summed E-state index contributed by atoms with van der Waals surface area (Å²) < 4.78 is 0. The minimum Gasteiger partial charge on any atom is -0.316 e. The maximum Gasteiger partial charge on any atom is 0.00358 e. The Bertz CT molecular complexity index is 204. The summed E-state index contributed by atoms with van der Waals surface area (Å²) in [5.41, 5.74) is 0.613. The van der Waals surface area contributed by atoms with Gasteiger partial charge in [0.2, 0.25) is 0 Å². The van der Waals surface area contributed by atoms with Crippen molar-refractivity contribution in [2.45, 2.75) is 39.5 Å². The number of hydrogen-bond acceptors (Lipinski definition) is 2. The number of hydrogen-bond donors (Lipinski definition) is 1. The molecular formula is C13H27ClN2. The van der Waals surface area contributed by atoms with Gasteiger partial charge in [-0.1, -0.05) is 13.8 Å². The highest BCUT2D eigenvalue weighted by atomic mass is 35.5. The number of likely N-dealkylation sites (tertiary alicyclic amines) is 1. The van der Waals surface area contributed by atoms with Crippen molar-refractivity contribution in [3.63, 3.8) is 0 Å². The van der Waals surface area contributed by atoms with Crippen molar-refractivity contribution in [3.8, 4) is 0 Å². The standard InChI is InChI=1S/C13H26N2.ClH/c1-3-13(2)6-8-15(11-13)10-12-5-4-7-14-9-12;/h12,14H,3-11H2,1-2H3;1H. The van der Waals surface area contributed by atoms with Crippen molar-refractivity contribution in [2.24, 2.45) is 11.3 Å². The molecule has 2 aliphatic heterocycles. The summed E-state index contributed by atoms with van der Waals surface area (Å²) in [5.74, 6) is 0.915. The van der Waals surface area contributed by atoms with E-state index in [4.69, 9.17) is 0 Å². The van der Waals surface area contributed by atoms with Crippen LogP contribution in [0, 0.1) is 11.3 Å². The van der Waals surface area contributed by atoms with Crippen molar-refractivity contribution in [2.75, 3.05) is 32.7 Å². The summed E-state index contributed by atoms with van der Waals surface area (Å²) in [6.45, 7) is 11.3. The molecule has 1 N–H and O–H groups in total. The predicted molar refractivity (Wildman–Crippen MR) is 72.3 cm³/mol. The van der Waals surface area contributed by atoms with E-state index in [1.54, 1.807) is 0 Å². The zero-order valence-electron chi connectivity index (χ0n) is 10.8. The van der Waals surface area contributed by atoms with Crippen LogP contribution in [0.25, 0.3) is 0 Å². The van der Waals surface area contributed by atoms with Gasteiger partial charge in [-0.2, -0.15) is 0 Å². The van der Waals surface area contributed by atoms with E-state index >= 15 is 0 Å². The van der Waals surface area contributed by atoms with Crippen LogP contribution < -0.4 is 5.32 Å². The van der Waals surface area contributed by atoms with Gasteiger partial charge in [-0.15, -0.1) is 12.4 Å². The first-order valence-electron chi connectivity index (χ1n) is 6.65. The van der Waals surface area contributed by atoms with Gasteiger partial charge in [0.05, 0.1) is 0 Å². The van der Waals surface area contributed by atoms with E-state index in [-0.39, 0.29) is 12.4 Å². The Balaban J connectivity index is 0.00000128. The first-order valence-corrected chi connectivity index (χ1v) is 6.65. The molecule has 0 spiro atoms. The van der Waals surface area contributed by atoms with Crippen LogP contribution in [0.4, 0.5) is 0 Å². The molecule has 96 valence electrons. The molecule has 2 unspecified atom stereocenters. The van der Waals surface area contributed by atoms with Crippen LogP contribution in [0.3, 0.4) is 0 Å². The summed E-state index contributed by atoms with van der Waals surface area (Å²) in [7, 11) is 0. The van der Waals surface area contributed by atoms with Crippen LogP contribution in [0.15, 0.2) is 0 Å². The molecule has 2 fully saturated rings. The Morgan fingerprint density at radius 1 is 1.44 bits per heavy atom. The quantitative estimate of drug-likeness (QED) is 0.824. The van der Waals surface area contributed by atoms with Gasteiger partial charge in [-0.05, 0) is 56.7 Å². The summed E-state index contributed by atoms with van der Waals surface area (Å²) in [4.78, 5) is 2.70. The molecule has 2 heterocycles. The molecule has 2 nitrogen and oxygen atoms in total. The lowest BCUT2D eigenvalue weighted by Gasteiger charge is -2.29. The molecule has 0 aromatic carbocycles. The zero-order valence-corrected chi connectivity index (χ0v) is 11.6. The molecule has 0 saturated carbocycles. The average molecular weight is 247 g/mol. The molecule has 16 heavy (non-hydrogen) atoms. The van der Waals surface area contributed by atoms with Gasteiger partial charge in [0.15, 0.2) is 0 Å². The van der Waals surface area contributed by atoms with Gasteiger partial charge in [0.25, 0.3) is 0 Å². The molecular weight excluding hydrogens is 220 g/mol. The third-order valence-corrected chi connectivity index (χ3v) is 4.41. The Labute approximate surface area is 107 Å². The molecule has 2 aliphatic rings. The van der Waals surface area contributed by atoms with Crippen molar-refractivity contribution >= 4 is 12.4 Å². The van der Waals surface area contributed by atoms with Crippen molar-refractivity contribution in [3.05, 3.63) is 0 Å². The van der Waals surface area contributed by atoms with Crippen LogP contribution in [0.1, 0.15) is 39.5 Å². The average Bonchev–Trinajstić information content (AvgIpc) is 2.63. The van der Waals surface area contributed by atoms with Crippen molar-refractivity contribution in [1.82, 2.24) is 10.2 Å². The third kappa shape index (κ3) is 3.61. The van der Waals surface area contributed by atoms with E-state index in [2.05, 4.69) is 24.1 Å². The van der Waals surface area contributed by atoms with Crippen LogP contribution in [-0.2, 0) is 0 Å². The monoisotopic (exact) mass is 246 g/mol. The van der Waals surface area contributed by atoms with Crippen LogP contribution in [0.2, 0.25) is 0 Å². The molecule has 2 atom stereocenters. The van der Waals surface area contributed by atoms with Gasteiger partial charge in [0.1, 0.15) is 0 Å². The first kappa shape index (κ1) is 14.3. The van der Waals surface area contributed by atoms with Crippen LogP contribution >= 0.6 is 12.4 Å². The number of halogens is 1. The fourth-order valence-electron chi connectivity index (χ4n) is 3.02. The number of piperidine rings is 1. The van der Waals surface area contributed by atoms with E-state index in [0.29, 0.717) is 5.41 Å². The summed E-state index contributed by atoms with van der Waals surface area (Å²) in [6, 6.07) is 0. The van der Waals surface area contributed by atoms with E-state index in [1.807, 2.05) is 0 Å². The summed E-state index contributed by atoms with van der Waals surface area (Å²) in [6.07, 6.45) is 5.56. The molecule has 0 aliphatic carbocycles. The second kappa shape index (κ2) is 6.23. The van der Waals surface area contributed by atoms with Crippen LogP contribution in [0.5, 0.6) is 0 Å². The van der Waals surface area contributed by atoms with Gasteiger partial charge in [0, 0.05) is 13.1 Å². The highest BCUT2D eigenvalue weighted by Crippen LogP contribution is 2.33. The molecule has 0 amide bonds. The Hall–Kier alpha value is 0.210. The van der Waals surface area contributed by atoms with Gasteiger partial charge in [-0.25, -0.2) is 0 Å². The number of nitrogens with zero attached hydrogens (tertiary/aromatic N) is 1. The minimum atomic E-state index is 0.